The lowest BCUT2D eigenvalue weighted by atomic mass is 9.81. The summed E-state index contributed by atoms with van der Waals surface area (Å²) in [5.74, 6) is -1.61. The van der Waals surface area contributed by atoms with Gasteiger partial charge in [0.15, 0.2) is 5.75 Å². The van der Waals surface area contributed by atoms with Crippen molar-refractivity contribution < 1.29 is 24.4 Å². The Labute approximate surface area is 132 Å². The molecule has 0 aliphatic heterocycles. The average molecular weight is 322 g/mol. The summed E-state index contributed by atoms with van der Waals surface area (Å²) in [6.45, 7) is 0. The van der Waals surface area contributed by atoms with Gasteiger partial charge in [-0.25, -0.2) is 0 Å². The van der Waals surface area contributed by atoms with E-state index < -0.39 is 10.9 Å². The van der Waals surface area contributed by atoms with Crippen LogP contribution in [0.2, 0.25) is 0 Å². The Morgan fingerprint density at radius 1 is 1.26 bits per heavy atom. The Kier molecular flexibility index (Phi) is 5.15. The number of aliphatic carboxylic acids is 1. The zero-order valence-electron chi connectivity index (χ0n) is 12.7. The molecule has 8 nitrogen and oxygen atoms in total. The van der Waals surface area contributed by atoms with E-state index in [-0.39, 0.29) is 29.2 Å². The lowest BCUT2D eigenvalue weighted by Crippen LogP contribution is -2.29. The monoisotopic (exact) mass is 322 g/mol. The maximum atomic E-state index is 12.2. The van der Waals surface area contributed by atoms with E-state index in [9.17, 15) is 19.7 Å². The van der Waals surface area contributed by atoms with Crippen LogP contribution < -0.4 is 10.1 Å². The summed E-state index contributed by atoms with van der Waals surface area (Å²) < 4.78 is 4.91. The molecule has 0 unspecified atom stereocenters. The van der Waals surface area contributed by atoms with Crippen molar-refractivity contribution in [1.82, 2.24) is 0 Å². The number of nitro benzene ring substituents is 1. The van der Waals surface area contributed by atoms with Crippen molar-refractivity contribution in [2.75, 3.05) is 12.4 Å². The molecule has 1 saturated carbocycles. The first kappa shape index (κ1) is 16.7. The van der Waals surface area contributed by atoms with Crippen molar-refractivity contribution >= 4 is 23.3 Å². The Morgan fingerprint density at radius 2 is 1.87 bits per heavy atom. The fraction of sp³-hybridized carbons (Fsp3) is 0.467. The van der Waals surface area contributed by atoms with Crippen LogP contribution in [-0.2, 0) is 9.59 Å². The standard InChI is InChI=1S/C15H18N2O6/c1-23-13-7-6-11(8-12(13)17(21)22)16-14(18)9-2-4-10(5-3-9)15(19)20/h6-10H,2-5H2,1H3,(H,16,18)(H,19,20). The number of nitrogens with one attached hydrogen (secondary N) is 1. The molecule has 0 saturated heterocycles. The molecule has 1 aromatic rings. The van der Waals surface area contributed by atoms with E-state index in [0.717, 1.165) is 0 Å². The molecule has 2 rings (SSSR count). The molecule has 0 atom stereocenters. The highest BCUT2D eigenvalue weighted by molar-refractivity contribution is 5.93. The van der Waals surface area contributed by atoms with Crippen LogP contribution in [0.1, 0.15) is 25.7 Å². The van der Waals surface area contributed by atoms with Crippen LogP contribution in [0.25, 0.3) is 0 Å². The third kappa shape index (κ3) is 3.97. The van der Waals surface area contributed by atoms with Gasteiger partial charge in [0.05, 0.1) is 18.0 Å². The summed E-state index contributed by atoms with van der Waals surface area (Å²) in [6.07, 6.45) is 1.94. The molecule has 0 spiro atoms. The molecule has 0 heterocycles. The quantitative estimate of drug-likeness (QED) is 0.635. The molecular weight excluding hydrogens is 304 g/mol. The third-order valence-corrected chi connectivity index (χ3v) is 4.09. The SMILES string of the molecule is COc1ccc(NC(=O)C2CCC(C(=O)O)CC2)cc1[N+](=O)[O-]. The molecule has 1 amide bonds. The summed E-state index contributed by atoms with van der Waals surface area (Å²) >= 11 is 0. The fourth-order valence-corrected chi connectivity index (χ4v) is 2.76. The highest BCUT2D eigenvalue weighted by Gasteiger charge is 2.30. The number of anilines is 1. The molecular formula is C15H18N2O6. The van der Waals surface area contributed by atoms with Crippen molar-refractivity contribution in [2.24, 2.45) is 11.8 Å². The molecule has 1 aromatic carbocycles. The van der Waals surface area contributed by atoms with Crippen LogP contribution in [0.15, 0.2) is 18.2 Å². The van der Waals surface area contributed by atoms with Gasteiger partial charge >= 0.3 is 11.7 Å². The largest absolute Gasteiger partial charge is 0.490 e. The Hall–Kier alpha value is -2.64. The van der Waals surface area contributed by atoms with Gasteiger partial charge in [-0.2, -0.15) is 0 Å². The minimum atomic E-state index is -0.824. The first-order valence-corrected chi connectivity index (χ1v) is 7.28. The highest BCUT2D eigenvalue weighted by atomic mass is 16.6. The van der Waals surface area contributed by atoms with Gasteiger partial charge in [0.1, 0.15) is 0 Å². The van der Waals surface area contributed by atoms with Gasteiger partial charge in [-0.05, 0) is 37.8 Å². The van der Waals surface area contributed by atoms with Crippen LogP contribution >= 0.6 is 0 Å². The second-order valence-corrected chi connectivity index (χ2v) is 5.52. The first-order chi connectivity index (χ1) is 10.9. The predicted octanol–water partition coefficient (Wildman–Crippen LogP) is 2.43. The number of benzene rings is 1. The van der Waals surface area contributed by atoms with Crippen molar-refractivity contribution in [2.45, 2.75) is 25.7 Å². The number of carboxylic acids is 1. The molecule has 124 valence electrons. The number of nitro groups is 1. The van der Waals surface area contributed by atoms with E-state index in [1.807, 2.05) is 0 Å². The smallest absolute Gasteiger partial charge is 0.312 e. The Morgan fingerprint density at radius 3 is 2.39 bits per heavy atom. The van der Waals surface area contributed by atoms with Crippen molar-refractivity contribution in [3.63, 3.8) is 0 Å². The zero-order valence-corrected chi connectivity index (χ0v) is 12.7. The zero-order chi connectivity index (χ0) is 17.0. The molecule has 0 radical (unpaired) electrons. The normalized spacial score (nSPS) is 20.6. The number of carbonyl (C=O) groups is 2. The van der Waals surface area contributed by atoms with Crippen molar-refractivity contribution in [1.29, 1.82) is 0 Å². The van der Waals surface area contributed by atoms with E-state index in [0.29, 0.717) is 31.4 Å². The average Bonchev–Trinajstić information content (AvgIpc) is 2.54. The first-order valence-electron chi connectivity index (χ1n) is 7.28. The molecule has 1 aliphatic carbocycles. The van der Waals surface area contributed by atoms with Crippen molar-refractivity contribution in [3.05, 3.63) is 28.3 Å². The number of rotatable bonds is 5. The summed E-state index contributed by atoms with van der Waals surface area (Å²) in [4.78, 5) is 33.5. The van der Waals surface area contributed by atoms with Gasteiger partial charge in [0.2, 0.25) is 5.91 Å². The third-order valence-electron chi connectivity index (χ3n) is 4.09. The van der Waals surface area contributed by atoms with Gasteiger partial charge in [0.25, 0.3) is 0 Å². The molecule has 0 aromatic heterocycles. The Balaban J connectivity index is 2.02. The summed E-state index contributed by atoms with van der Waals surface area (Å²) in [6, 6.07) is 4.21. The Bertz CT molecular complexity index is 622. The van der Waals surface area contributed by atoms with E-state index in [1.54, 1.807) is 0 Å². The minimum Gasteiger partial charge on any atom is -0.490 e. The number of hydrogen-bond acceptors (Lipinski definition) is 5. The van der Waals surface area contributed by atoms with Crippen molar-refractivity contribution in [3.8, 4) is 5.75 Å². The number of nitrogens with zero attached hydrogens (tertiary/aromatic N) is 1. The lowest BCUT2D eigenvalue weighted by Gasteiger charge is -2.25. The second kappa shape index (κ2) is 7.08. The molecule has 23 heavy (non-hydrogen) atoms. The van der Waals surface area contributed by atoms with Crippen LogP contribution in [0.4, 0.5) is 11.4 Å². The predicted molar refractivity (Wildman–Crippen MR) is 81.4 cm³/mol. The number of amides is 1. The van der Waals surface area contributed by atoms with Gasteiger partial charge in [-0.3, -0.25) is 19.7 Å². The summed E-state index contributed by atoms with van der Waals surface area (Å²) in [7, 11) is 1.33. The maximum absolute atomic E-state index is 12.2. The van der Waals surface area contributed by atoms with Crippen LogP contribution in [0.3, 0.4) is 0 Å². The van der Waals surface area contributed by atoms with Crippen LogP contribution in [0, 0.1) is 22.0 Å². The maximum Gasteiger partial charge on any atom is 0.312 e. The van der Waals surface area contributed by atoms with Gasteiger partial charge in [-0.15, -0.1) is 0 Å². The topological polar surface area (TPSA) is 119 Å². The number of ether oxygens (including phenoxy) is 1. The molecule has 1 fully saturated rings. The van der Waals surface area contributed by atoms with E-state index in [1.165, 1.54) is 25.3 Å². The van der Waals surface area contributed by atoms with E-state index in [4.69, 9.17) is 9.84 Å². The van der Waals surface area contributed by atoms with Crippen LogP contribution in [-0.4, -0.2) is 29.0 Å². The summed E-state index contributed by atoms with van der Waals surface area (Å²) in [5, 5.41) is 22.6. The summed E-state index contributed by atoms with van der Waals surface area (Å²) in [5.41, 5.74) is 0.0998. The number of carbonyl (C=O) groups excluding carboxylic acids is 1. The molecule has 1 aliphatic rings. The van der Waals surface area contributed by atoms with Crippen LogP contribution in [0.5, 0.6) is 5.75 Å². The fourth-order valence-electron chi connectivity index (χ4n) is 2.76. The second-order valence-electron chi connectivity index (χ2n) is 5.52. The molecule has 2 N–H and O–H groups in total. The van der Waals surface area contributed by atoms with Gasteiger partial charge in [-0.1, -0.05) is 0 Å². The number of carboxylic acid groups (broad SMARTS) is 1. The number of methoxy groups -OCH3 is 1. The van der Waals surface area contributed by atoms with Gasteiger partial charge in [0, 0.05) is 17.7 Å². The van der Waals surface area contributed by atoms with Gasteiger partial charge < -0.3 is 15.2 Å². The molecule has 0 bridgehead atoms. The highest BCUT2D eigenvalue weighted by Crippen LogP contribution is 2.32. The molecule has 8 heteroatoms. The lowest BCUT2D eigenvalue weighted by molar-refractivity contribution is -0.385. The van der Waals surface area contributed by atoms with E-state index >= 15 is 0 Å². The number of hydrogen-bond donors (Lipinski definition) is 2. The van der Waals surface area contributed by atoms with E-state index in [2.05, 4.69) is 5.32 Å². The minimum absolute atomic E-state index is 0.120.